The molecule has 0 unspecified atom stereocenters. The Labute approximate surface area is 229 Å². The van der Waals surface area contributed by atoms with Crippen LogP contribution in [0.2, 0.25) is 0 Å². The van der Waals surface area contributed by atoms with Crippen molar-refractivity contribution in [3.63, 3.8) is 0 Å². The van der Waals surface area contributed by atoms with Gasteiger partial charge in [0, 0.05) is 11.1 Å². The van der Waals surface area contributed by atoms with Crippen LogP contribution in [0.15, 0.2) is 78.9 Å². The zero-order chi connectivity index (χ0) is 28.5. The number of allylic oxidation sites excluding steroid dienone is 1. The molecule has 0 aliphatic heterocycles. The molecule has 0 saturated carbocycles. The normalized spacial score (nSPS) is 10.6. The van der Waals surface area contributed by atoms with Crippen LogP contribution in [0.5, 0.6) is 11.5 Å². The van der Waals surface area contributed by atoms with Gasteiger partial charge in [-0.1, -0.05) is 31.4 Å². The summed E-state index contributed by atoms with van der Waals surface area (Å²) >= 11 is 0. The monoisotopic (exact) mass is 536 g/mol. The Bertz CT molecular complexity index is 1130. The molecule has 0 aliphatic rings. The molecule has 0 amide bonds. The van der Waals surface area contributed by atoms with Crippen LogP contribution in [0.25, 0.3) is 6.08 Å². The van der Waals surface area contributed by atoms with Crippen LogP contribution in [-0.4, -0.2) is 55.9 Å². The van der Waals surface area contributed by atoms with E-state index in [1.165, 1.54) is 6.08 Å². The van der Waals surface area contributed by atoms with Gasteiger partial charge >= 0.3 is 11.9 Å². The van der Waals surface area contributed by atoms with Gasteiger partial charge in [-0.2, -0.15) is 0 Å². The van der Waals surface area contributed by atoms with Crippen molar-refractivity contribution in [2.24, 2.45) is 0 Å². The molecule has 0 saturated heterocycles. The molecule has 0 fully saturated rings. The van der Waals surface area contributed by atoms with Gasteiger partial charge in [-0.05, 0) is 80.6 Å². The quantitative estimate of drug-likeness (QED) is 0.121. The van der Waals surface area contributed by atoms with Gasteiger partial charge in [-0.3, -0.25) is 4.79 Å². The van der Waals surface area contributed by atoms with Gasteiger partial charge in [0.05, 0.1) is 25.4 Å². The maximum absolute atomic E-state index is 12.5. The average molecular weight is 537 g/mol. The Morgan fingerprint density at radius 2 is 1.31 bits per heavy atom. The number of esters is 2. The number of aliphatic hydroxyl groups excluding tert-OH is 1. The number of rotatable bonds is 18. The molecule has 39 heavy (non-hydrogen) atoms. The van der Waals surface area contributed by atoms with Gasteiger partial charge in [-0.25, -0.2) is 9.59 Å². The number of carbonyl (C=O) groups is 3. The highest BCUT2D eigenvalue weighted by atomic mass is 16.6. The predicted octanol–water partition coefficient (Wildman–Crippen LogP) is 5.11. The van der Waals surface area contributed by atoms with Crippen molar-refractivity contribution >= 4 is 23.8 Å². The molecule has 0 atom stereocenters. The second kappa shape index (κ2) is 17.4. The summed E-state index contributed by atoms with van der Waals surface area (Å²) in [6.07, 6.45) is 6.66. The molecule has 0 aromatic heterocycles. The van der Waals surface area contributed by atoms with E-state index in [1.54, 1.807) is 49.4 Å². The van der Waals surface area contributed by atoms with E-state index in [-0.39, 0.29) is 24.6 Å². The summed E-state index contributed by atoms with van der Waals surface area (Å²) in [5, 5.41) is 8.81. The molecule has 2 rings (SSSR count). The Hall–Kier alpha value is -4.17. The van der Waals surface area contributed by atoms with E-state index < -0.39 is 18.5 Å². The van der Waals surface area contributed by atoms with Crippen molar-refractivity contribution in [1.29, 1.82) is 0 Å². The molecular formula is C31H36O8. The van der Waals surface area contributed by atoms with E-state index in [0.29, 0.717) is 35.8 Å². The molecular weight excluding hydrogens is 500 g/mol. The molecule has 8 heteroatoms. The molecule has 0 radical (unpaired) electrons. The maximum Gasteiger partial charge on any atom is 0.335 e. The Kier molecular flexibility index (Phi) is 13.8. The standard InChI is InChI=1S/C31H36O8/c1-23(2)30(34)39-21-20-37-27-13-8-25(9-14-27)10-17-29(33)26-11-15-28(16-12-26)36-18-6-4-5-7-19-38-31(35)24(3)22-32/h8-17,32H,1,3-7,18-22H2,2H3/b17-10+. The summed E-state index contributed by atoms with van der Waals surface area (Å²) in [6.45, 7) is 9.35. The third kappa shape index (κ3) is 12.3. The first-order valence-corrected chi connectivity index (χ1v) is 12.8. The maximum atomic E-state index is 12.5. The highest BCUT2D eigenvalue weighted by Gasteiger charge is 2.07. The minimum Gasteiger partial charge on any atom is -0.494 e. The van der Waals surface area contributed by atoms with Crippen LogP contribution in [0, 0.1) is 0 Å². The van der Waals surface area contributed by atoms with Gasteiger partial charge in [0.25, 0.3) is 0 Å². The van der Waals surface area contributed by atoms with Crippen LogP contribution in [-0.2, 0) is 19.1 Å². The van der Waals surface area contributed by atoms with Gasteiger partial charge in [0.1, 0.15) is 24.7 Å². The zero-order valence-corrected chi connectivity index (χ0v) is 22.4. The van der Waals surface area contributed by atoms with E-state index in [9.17, 15) is 14.4 Å². The summed E-state index contributed by atoms with van der Waals surface area (Å²) in [7, 11) is 0. The van der Waals surface area contributed by atoms with Crippen molar-refractivity contribution < 1.29 is 38.4 Å². The summed E-state index contributed by atoms with van der Waals surface area (Å²) in [5.74, 6) is 0.198. The topological polar surface area (TPSA) is 108 Å². The van der Waals surface area contributed by atoms with E-state index in [2.05, 4.69) is 13.2 Å². The fourth-order valence-corrected chi connectivity index (χ4v) is 3.15. The lowest BCUT2D eigenvalue weighted by molar-refractivity contribution is -0.140. The minimum absolute atomic E-state index is 0.0577. The second-order valence-corrected chi connectivity index (χ2v) is 8.72. The van der Waals surface area contributed by atoms with E-state index in [0.717, 1.165) is 31.2 Å². The smallest absolute Gasteiger partial charge is 0.335 e. The van der Waals surface area contributed by atoms with Crippen molar-refractivity contribution in [3.8, 4) is 11.5 Å². The minimum atomic E-state index is -0.559. The summed E-state index contributed by atoms with van der Waals surface area (Å²) < 4.78 is 21.2. The number of carbonyl (C=O) groups excluding carboxylic acids is 3. The number of unbranched alkanes of at least 4 members (excludes halogenated alkanes) is 3. The van der Waals surface area contributed by atoms with Gasteiger partial charge in [-0.15, -0.1) is 0 Å². The molecule has 0 heterocycles. The number of ketones is 1. The third-order valence-corrected chi connectivity index (χ3v) is 5.40. The van der Waals surface area contributed by atoms with Crippen LogP contribution < -0.4 is 9.47 Å². The lowest BCUT2D eigenvalue weighted by Gasteiger charge is -2.07. The second-order valence-electron chi connectivity index (χ2n) is 8.72. The molecule has 8 nitrogen and oxygen atoms in total. The molecule has 0 bridgehead atoms. The number of hydrogen-bond donors (Lipinski definition) is 1. The Morgan fingerprint density at radius 1 is 0.744 bits per heavy atom. The summed E-state index contributed by atoms with van der Waals surface area (Å²) in [5.41, 5.74) is 1.80. The van der Waals surface area contributed by atoms with Gasteiger partial charge < -0.3 is 24.1 Å². The first kappa shape index (κ1) is 31.1. The largest absolute Gasteiger partial charge is 0.494 e. The summed E-state index contributed by atoms with van der Waals surface area (Å²) in [6, 6.07) is 14.2. The Morgan fingerprint density at radius 3 is 1.92 bits per heavy atom. The van der Waals surface area contributed by atoms with Crippen LogP contribution in [0.3, 0.4) is 0 Å². The molecule has 2 aromatic carbocycles. The predicted molar refractivity (Wildman–Crippen MR) is 149 cm³/mol. The van der Waals surface area contributed by atoms with Crippen LogP contribution in [0.1, 0.15) is 48.5 Å². The van der Waals surface area contributed by atoms with Crippen molar-refractivity contribution in [3.05, 3.63) is 90.0 Å². The van der Waals surface area contributed by atoms with E-state index in [4.69, 9.17) is 24.1 Å². The summed E-state index contributed by atoms with van der Waals surface area (Å²) in [4.78, 5) is 35.2. The number of benzene rings is 2. The average Bonchev–Trinajstić information content (AvgIpc) is 2.95. The fraction of sp³-hybridized carbons (Fsp3) is 0.323. The van der Waals surface area contributed by atoms with Crippen molar-refractivity contribution in [2.45, 2.75) is 32.6 Å². The number of aliphatic hydroxyl groups is 1. The van der Waals surface area contributed by atoms with E-state index >= 15 is 0 Å². The Balaban J connectivity index is 1.64. The van der Waals surface area contributed by atoms with Crippen LogP contribution >= 0.6 is 0 Å². The number of ether oxygens (including phenoxy) is 4. The molecule has 208 valence electrons. The SMILES string of the molecule is C=C(C)C(=O)OCCOc1ccc(/C=C/C(=O)c2ccc(OCCCCCCOC(=O)C(=C)CO)cc2)cc1. The first-order chi connectivity index (χ1) is 18.8. The van der Waals surface area contributed by atoms with Crippen LogP contribution in [0.4, 0.5) is 0 Å². The fourth-order valence-electron chi connectivity index (χ4n) is 3.15. The lowest BCUT2D eigenvalue weighted by Crippen LogP contribution is -2.12. The third-order valence-electron chi connectivity index (χ3n) is 5.40. The van der Waals surface area contributed by atoms with Crippen molar-refractivity contribution in [1.82, 2.24) is 0 Å². The number of hydrogen-bond acceptors (Lipinski definition) is 8. The molecule has 2 aromatic rings. The van der Waals surface area contributed by atoms with Gasteiger partial charge in [0.15, 0.2) is 5.78 Å². The molecule has 0 spiro atoms. The zero-order valence-electron chi connectivity index (χ0n) is 22.4. The molecule has 1 N–H and O–H groups in total. The first-order valence-electron chi connectivity index (χ1n) is 12.8. The van der Waals surface area contributed by atoms with Crippen molar-refractivity contribution in [2.75, 3.05) is 33.0 Å². The highest BCUT2D eigenvalue weighted by molar-refractivity contribution is 6.06. The van der Waals surface area contributed by atoms with E-state index in [1.807, 2.05) is 12.1 Å². The lowest BCUT2D eigenvalue weighted by atomic mass is 10.1. The molecule has 0 aliphatic carbocycles. The van der Waals surface area contributed by atoms with Gasteiger partial charge in [0.2, 0.25) is 0 Å². The highest BCUT2D eigenvalue weighted by Crippen LogP contribution is 2.16.